The highest BCUT2D eigenvalue weighted by atomic mass is 32.2. The van der Waals surface area contributed by atoms with Crippen LogP contribution in [-0.4, -0.2) is 20.8 Å². The average molecular weight is 323 g/mol. The van der Waals surface area contributed by atoms with Crippen LogP contribution in [0.25, 0.3) is 0 Å². The van der Waals surface area contributed by atoms with Crippen molar-refractivity contribution in [2.75, 3.05) is 12.4 Å². The molecule has 0 amide bonds. The normalized spacial score (nSPS) is 11.4. The van der Waals surface area contributed by atoms with Crippen molar-refractivity contribution < 1.29 is 17.5 Å². The van der Waals surface area contributed by atoms with E-state index in [1.165, 1.54) is 24.3 Å². The Morgan fingerprint density at radius 1 is 1.09 bits per heavy atom. The first-order valence-electron chi connectivity index (χ1n) is 6.86. The van der Waals surface area contributed by atoms with Crippen LogP contribution < -0.4 is 9.46 Å². The maximum atomic E-state index is 12.7. The highest BCUT2D eigenvalue weighted by Crippen LogP contribution is 2.11. The van der Waals surface area contributed by atoms with Gasteiger partial charge in [-0.25, -0.2) is 17.5 Å². The summed E-state index contributed by atoms with van der Waals surface area (Å²) >= 11 is 0. The van der Waals surface area contributed by atoms with Crippen LogP contribution in [0.15, 0.2) is 48.5 Å². The van der Waals surface area contributed by atoms with Crippen molar-refractivity contribution in [1.29, 1.82) is 0 Å². The molecule has 0 aliphatic heterocycles. The molecule has 1 N–H and O–H groups in total. The van der Waals surface area contributed by atoms with Gasteiger partial charge < -0.3 is 4.74 Å². The first-order valence-corrected chi connectivity index (χ1v) is 8.52. The van der Waals surface area contributed by atoms with E-state index in [0.717, 1.165) is 11.1 Å². The van der Waals surface area contributed by atoms with Gasteiger partial charge in [-0.1, -0.05) is 24.3 Å². The second kappa shape index (κ2) is 7.38. The van der Waals surface area contributed by atoms with Crippen molar-refractivity contribution in [2.45, 2.75) is 13.5 Å². The molecule has 0 saturated heterocycles. The van der Waals surface area contributed by atoms with E-state index >= 15 is 0 Å². The lowest BCUT2D eigenvalue weighted by molar-refractivity contribution is 0.339. The van der Waals surface area contributed by atoms with Crippen LogP contribution in [0, 0.1) is 12.7 Å². The lowest BCUT2D eigenvalue weighted by Gasteiger charge is -2.10. The Morgan fingerprint density at radius 3 is 2.45 bits per heavy atom. The summed E-state index contributed by atoms with van der Waals surface area (Å²) in [6.45, 7) is 2.20. The summed E-state index contributed by atoms with van der Waals surface area (Å²) in [5.74, 6) is -0.0774. The molecule has 0 atom stereocenters. The fourth-order valence-corrected chi connectivity index (χ4v) is 2.69. The second-order valence-electron chi connectivity index (χ2n) is 4.87. The average Bonchev–Trinajstić information content (AvgIpc) is 2.48. The lowest BCUT2D eigenvalue weighted by Crippen LogP contribution is -2.28. The minimum atomic E-state index is -3.42. The van der Waals surface area contributed by atoms with E-state index in [1.54, 1.807) is 0 Å². The van der Waals surface area contributed by atoms with Gasteiger partial charge >= 0.3 is 0 Å². The number of rotatable bonds is 7. The van der Waals surface area contributed by atoms with Gasteiger partial charge in [0.2, 0.25) is 10.0 Å². The van der Waals surface area contributed by atoms with Gasteiger partial charge in [0.25, 0.3) is 0 Å². The Morgan fingerprint density at radius 2 is 1.77 bits per heavy atom. The molecule has 0 saturated carbocycles. The SMILES string of the molecule is Cc1ccccc1CNS(=O)(=O)CCOc1ccc(F)cc1. The molecule has 0 aromatic heterocycles. The highest BCUT2D eigenvalue weighted by Gasteiger charge is 2.11. The molecule has 0 spiro atoms. The first kappa shape index (κ1) is 16.5. The van der Waals surface area contributed by atoms with Gasteiger partial charge in [-0.2, -0.15) is 0 Å². The molecule has 0 unspecified atom stereocenters. The van der Waals surface area contributed by atoms with E-state index in [2.05, 4.69) is 4.72 Å². The zero-order valence-corrected chi connectivity index (χ0v) is 13.1. The van der Waals surface area contributed by atoms with E-state index in [-0.39, 0.29) is 24.7 Å². The zero-order valence-electron chi connectivity index (χ0n) is 12.3. The third kappa shape index (κ3) is 5.13. The molecule has 2 rings (SSSR count). The van der Waals surface area contributed by atoms with Gasteiger partial charge in [0, 0.05) is 6.54 Å². The van der Waals surface area contributed by atoms with Gasteiger partial charge in [0.1, 0.15) is 18.2 Å². The molecule has 6 heteroatoms. The maximum Gasteiger partial charge on any atom is 0.215 e. The summed E-state index contributed by atoms with van der Waals surface area (Å²) in [7, 11) is -3.42. The third-order valence-corrected chi connectivity index (χ3v) is 4.47. The number of ether oxygens (including phenoxy) is 1. The van der Waals surface area contributed by atoms with Crippen LogP contribution >= 0.6 is 0 Å². The summed E-state index contributed by atoms with van der Waals surface area (Å²) in [6.07, 6.45) is 0. The van der Waals surface area contributed by atoms with Crippen LogP contribution in [0.4, 0.5) is 4.39 Å². The van der Waals surface area contributed by atoms with Crippen LogP contribution in [0.3, 0.4) is 0 Å². The molecule has 4 nitrogen and oxygen atoms in total. The van der Waals surface area contributed by atoms with Gasteiger partial charge in [0.15, 0.2) is 0 Å². The minimum absolute atomic E-state index is 0.00867. The highest BCUT2D eigenvalue weighted by molar-refractivity contribution is 7.89. The number of sulfonamides is 1. The molecule has 0 heterocycles. The van der Waals surface area contributed by atoms with Crippen LogP contribution in [0.5, 0.6) is 5.75 Å². The van der Waals surface area contributed by atoms with Crippen molar-refractivity contribution in [2.24, 2.45) is 0 Å². The van der Waals surface area contributed by atoms with Crippen molar-refractivity contribution in [3.05, 3.63) is 65.5 Å². The number of nitrogens with one attached hydrogen (secondary N) is 1. The number of benzene rings is 2. The lowest BCUT2D eigenvalue weighted by atomic mass is 10.1. The predicted octanol–water partition coefficient (Wildman–Crippen LogP) is 2.63. The molecule has 0 bridgehead atoms. The molecule has 2 aromatic carbocycles. The molecular formula is C16H18FNO3S. The van der Waals surface area contributed by atoms with E-state index in [0.29, 0.717) is 5.75 Å². The van der Waals surface area contributed by atoms with E-state index in [9.17, 15) is 12.8 Å². The standard InChI is InChI=1S/C16H18FNO3S/c1-13-4-2-3-5-14(13)12-18-22(19,20)11-10-21-16-8-6-15(17)7-9-16/h2-9,18H,10-12H2,1H3. The van der Waals surface area contributed by atoms with Crippen molar-refractivity contribution >= 4 is 10.0 Å². The number of halogens is 1. The number of hydrogen-bond acceptors (Lipinski definition) is 3. The molecular weight excluding hydrogens is 305 g/mol. The van der Waals surface area contributed by atoms with Crippen molar-refractivity contribution in [3.8, 4) is 5.75 Å². The number of hydrogen-bond donors (Lipinski definition) is 1. The van der Waals surface area contributed by atoms with Crippen molar-refractivity contribution in [3.63, 3.8) is 0 Å². The Labute approximate surface area is 130 Å². The van der Waals surface area contributed by atoms with E-state index < -0.39 is 10.0 Å². The Kier molecular flexibility index (Phi) is 5.51. The fraction of sp³-hybridized carbons (Fsp3) is 0.250. The summed E-state index contributed by atoms with van der Waals surface area (Å²) in [6, 6.07) is 13.0. The molecule has 0 aliphatic rings. The molecule has 0 aliphatic carbocycles. The summed E-state index contributed by atoms with van der Waals surface area (Å²) in [4.78, 5) is 0. The van der Waals surface area contributed by atoms with Crippen molar-refractivity contribution in [1.82, 2.24) is 4.72 Å². The number of aryl methyl sites for hydroxylation is 1. The first-order chi connectivity index (χ1) is 10.5. The Hall–Kier alpha value is -1.92. The summed E-state index contributed by atoms with van der Waals surface area (Å²) in [5.41, 5.74) is 1.97. The van der Waals surface area contributed by atoms with Gasteiger partial charge in [-0.15, -0.1) is 0 Å². The largest absolute Gasteiger partial charge is 0.492 e. The monoisotopic (exact) mass is 323 g/mol. The Bertz CT molecular complexity index is 714. The van der Waals surface area contributed by atoms with Gasteiger partial charge in [0.05, 0.1) is 5.75 Å². The third-order valence-electron chi connectivity index (χ3n) is 3.18. The van der Waals surface area contributed by atoms with Crippen LogP contribution in [-0.2, 0) is 16.6 Å². The summed E-state index contributed by atoms with van der Waals surface area (Å²) < 4.78 is 44.4. The predicted molar refractivity (Wildman–Crippen MR) is 83.7 cm³/mol. The fourth-order valence-electron chi connectivity index (χ4n) is 1.87. The van der Waals surface area contributed by atoms with E-state index in [1.807, 2.05) is 31.2 Å². The van der Waals surface area contributed by atoms with Crippen LogP contribution in [0.2, 0.25) is 0 Å². The van der Waals surface area contributed by atoms with Crippen LogP contribution in [0.1, 0.15) is 11.1 Å². The molecule has 0 fully saturated rings. The molecule has 0 radical (unpaired) electrons. The van der Waals surface area contributed by atoms with Gasteiger partial charge in [-0.3, -0.25) is 0 Å². The molecule has 118 valence electrons. The van der Waals surface area contributed by atoms with Gasteiger partial charge in [-0.05, 0) is 42.3 Å². The second-order valence-corrected chi connectivity index (χ2v) is 6.80. The zero-order chi connectivity index (χ0) is 16.0. The smallest absolute Gasteiger partial charge is 0.215 e. The quantitative estimate of drug-likeness (QED) is 0.852. The minimum Gasteiger partial charge on any atom is -0.492 e. The molecule has 22 heavy (non-hydrogen) atoms. The summed E-state index contributed by atoms with van der Waals surface area (Å²) in [5, 5.41) is 0. The van der Waals surface area contributed by atoms with E-state index in [4.69, 9.17) is 4.74 Å². The maximum absolute atomic E-state index is 12.7. The topological polar surface area (TPSA) is 55.4 Å². The molecule has 2 aromatic rings. The Balaban J connectivity index is 1.81.